The van der Waals surface area contributed by atoms with Gasteiger partial charge in [-0.15, -0.1) is 0 Å². The summed E-state index contributed by atoms with van der Waals surface area (Å²) in [6.45, 7) is 7.93. The van der Waals surface area contributed by atoms with Crippen LogP contribution in [0.4, 0.5) is 0 Å². The molecule has 0 aromatic carbocycles. The second kappa shape index (κ2) is 72.2. The van der Waals surface area contributed by atoms with Crippen LogP contribution in [0.5, 0.6) is 0 Å². The molecule has 0 heterocycles. The van der Waals surface area contributed by atoms with E-state index in [1.165, 1.54) is 0 Å². The maximum Gasteiger partial charge on any atom is 0.234 e. The van der Waals surface area contributed by atoms with E-state index in [4.69, 9.17) is 30.4 Å². The topological polar surface area (TPSA) is 377 Å². The van der Waals surface area contributed by atoms with Gasteiger partial charge < -0.3 is 77.2 Å². The van der Waals surface area contributed by atoms with Crippen molar-refractivity contribution in [3.63, 3.8) is 0 Å². The van der Waals surface area contributed by atoms with Gasteiger partial charge in [0.15, 0.2) is 0 Å². The summed E-state index contributed by atoms with van der Waals surface area (Å²) in [6.07, 6.45) is 22.9. The van der Waals surface area contributed by atoms with Crippen molar-refractivity contribution in [2.45, 2.75) is 232 Å². The zero-order chi connectivity index (χ0) is 70.0. The number of amides is 9. The molecule has 0 aliphatic heterocycles. The van der Waals surface area contributed by atoms with Crippen molar-refractivity contribution in [3.8, 4) is 0 Å². The van der Waals surface area contributed by atoms with Crippen LogP contribution in [0, 0.1) is 5.41 Å². The molecule has 0 bridgehead atoms. The van der Waals surface area contributed by atoms with Gasteiger partial charge in [-0.25, -0.2) is 0 Å². The van der Waals surface area contributed by atoms with Gasteiger partial charge in [-0.05, 0) is 116 Å². The number of ether oxygens (including phenoxy) is 4. The second-order valence-electron chi connectivity index (χ2n) is 23.4. The molecule has 0 unspecified atom stereocenters. The van der Waals surface area contributed by atoms with Crippen LogP contribution in [0.15, 0.2) is 0 Å². The fraction of sp³-hybridized carbons (Fsp3) is 0.821. The summed E-state index contributed by atoms with van der Waals surface area (Å²) >= 11 is 0. The van der Waals surface area contributed by atoms with Crippen LogP contribution in [0.3, 0.4) is 0 Å². The van der Waals surface area contributed by atoms with E-state index in [1.54, 1.807) is 40.1 Å². The van der Waals surface area contributed by atoms with Gasteiger partial charge in [0.25, 0.3) is 0 Å². The maximum atomic E-state index is 12.6. The Balaban J connectivity index is -0.000000469. The molecule has 28 heteroatoms. The number of rotatable bonds is 62. The number of Topliss-reactive ketones (excluding diaryl/α,β-unsaturated/α-hetero) is 3. The van der Waals surface area contributed by atoms with Crippen LogP contribution in [0.2, 0.25) is 0 Å². The van der Waals surface area contributed by atoms with Crippen molar-refractivity contribution in [2.24, 2.45) is 5.41 Å². The van der Waals surface area contributed by atoms with E-state index in [1.807, 2.05) is 13.8 Å². The van der Waals surface area contributed by atoms with Crippen molar-refractivity contribution in [2.75, 3.05) is 121 Å². The molecule has 9 amide bonds. The molecule has 0 aliphatic carbocycles. The normalized spacial score (nSPS) is 10.6. The Morgan fingerprint density at radius 1 is 0.305 bits per heavy atom. The summed E-state index contributed by atoms with van der Waals surface area (Å²) in [4.78, 5) is 139. The first kappa shape index (κ1) is 99.1. The molecular formula is C67H124N10O16W2-2. The summed E-state index contributed by atoms with van der Waals surface area (Å²) in [7, 11) is 8.06. The first-order chi connectivity index (χ1) is 44.7. The fourth-order valence-corrected chi connectivity index (χ4v) is 8.95. The molecule has 9 N–H and O–H groups in total. The summed E-state index contributed by atoms with van der Waals surface area (Å²) < 4.78 is 24.1. The van der Waals surface area contributed by atoms with Gasteiger partial charge in [-0.2, -0.15) is 0 Å². The van der Waals surface area contributed by atoms with Gasteiger partial charge >= 0.3 is 0 Å². The number of carbonyl (C=O) groups excluding carboxylic acids is 12. The number of ketones is 3. The van der Waals surface area contributed by atoms with Gasteiger partial charge in [0.05, 0.1) is 51.5 Å². The molecule has 0 aromatic heterocycles. The molecule has 26 nitrogen and oxygen atoms in total. The molecule has 0 aromatic rings. The Morgan fingerprint density at radius 2 is 0.547 bits per heavy atom. The number of hydrogen-bond donors (Lipinski definition) is 7. The molecule has 95 heavy (non-hydrogen) atoms. The van der Waals surface area contributed by atoms with E-state index < -0.39 is 17.2 Å². The Hall–Kier alpha value is -4.58. The molecule has 0 fully saturated rings. The monoisotopic (exact) mass is 1690 g/mol. The zero-order valence-electron chi connectivity index (χ0n) is 59.0. The van der Waals surface area contributed by atoms with E-state index in [0.29, 0.717) is 162 Å². The first-order valence-corrected chi connectivity index (χ1v) is 34.3. The summed E-state index contributed by atoms with van der Waals surface area (Å²) in [5, 5.41) is 18.6. The van der Waals surface area contributed by atoms with Crippen LogP contribution in [0.25, 0.3) is 11.5 Å². The van der Waals surface area contributed by atoms with Gasteiger partial charge in [-0.3, -0.25) is 52.8 Å². The van der Waals surface area contributed by atoms with Gasteiger partial charge in [0.2, 0.25) is 41.4 Å². The minimum Gasteiger partial charge on any atom is -0.668 e. The molecule has 0 atom stereocenters. The van der Waals surface area contributed by atoms with E-state index in [0.717, 1.165) is 122 Å². The van der Waals surface area contributed by atoms with Gasteiger partial charge in [0.1, 0.15) is 17.3 Å². The summed E-state index contributed by atoms with van der Waals surface area (Å²) in [5.74, 6) is -1.01. The zero-order valence-corrected chi connectivity index (χ0v) is 64.9. The standard InChI is InChI=1S/C29H55N3O8.C28H52N6O6.C10H19NO2.2W/c1-4-25(33)13-5-9-17-37-21-29(22-38-18-10-6-14-26(30)34,23-39-19-11-7-15-27(35)31-2)24-40-20-12-8-16-28(36)32-3;1-29-24(36)15-9-5-4-8-14-23(35)20-34(21-27(39)32-18-12-6-10-16-25(37)30-2)22-28(40)33-19-13-7-11-17-26(38)31-3;1-2-9(12)7-5-3-4-6-8-10(11)13;;/h4-24H2,1-3H3,(H4,30,31,32,34,35,36);4-22H2,1-3H3,(H,29,36)(H,30,37)(H,31,38)(H,32,39)(H,33,40);2-8H2,1H3,(H2,11,13);;/p-2. The minimum absolute atomic E-state index is 0. The molecule has 0 spiro atoms. The molecule has 0 rings (SSSR count). The van der Waals surface area contributed by atoms with Crippen LogP contribution in [0.1, 0.15) is 232 Å². The Bertz CT molecular complexity index is 1880. The summed E-state index contributed by atoms with van der Waals surface area (Å²) in [5.41, 5.74) is 13.1. The molecule has 0 saturated carbocycles. The number of nitrogens with zero attached hydrogens (tertiary/aromatic N) is 1. The predicted molar refractivity (Wildman–Crippen MR) is 361 cm³/mol. The quantitative estimate of drug-likeness (QED) is 0.0291. The van der Waals surface area contributed by atoms with E-state index in [9.17, 15) is 57.5 Å². The van der Waals surface area contributed by atoms with Crippen molar-refractivity contribution in [3.05, 3.63) is 11.5 Å². The number of nitrogens with one attached hydrogen (secondary N) is 9. The van der Waals surface area contributed by atoms with Crippen molar-refractivity contribution < 1.29 is 119 Å². The summed E-state index contributed by atoms with van der Waals surface area (Å²) in [6, 6.07) is 0. The Morgan fingerprint density at radius 3 is 0.832 bits per heavy atom. The van der Waals surface area contributed by atoms with E-state index in [-0.39, 0.29) is 121 Å². The largest absolute Gasteiger partial charge is 0.668 e. The average molecular weight is 1690 g/mol. The second-order valence-corrected chi connectivity index (χ2v) is 23.4. The average Bonchev–Trinajstić information content (AvgIpc) is 1.06. The molecule has 0 radical (unpaired) electrons. The van der Waals surface area contributed by atoms with Gasteiger partial charge in [0, 0.05) is 193 Å². The van der Waals surface area contributed by atoms with Gasteiger partial charge in [-0.1, -0.05) is 52.4 Å². The first-order valence-electron chi connectivity index (χ1n) is 34.3. The third-order valence-corrected chi connectivity index (χ3v) is 14.8. The number of unbranched alkanes of at least 4 members (excludes halogenated alkanes) is 14. The van der Waals surface area contributed by atoms with Crippen LogP contribution in [-0.2, 0) is 119 Å². The SMILES string of the molecule is CCC(=O)CCCCCCC([NH-])=O.CCC(=O)CCCCOCC(COCCCCC([NH-])=O)(COCCCCC(=O)NC)COCCCCC(=O)NC.CNC(=O)CCCCCCC(=O)CN(CC(=O)NCCCCCC(=O)NC)CC(=O)NCCCCCC(=O)NC.[W].[W]. The van der Waals surface area contributed by atoms with E-state index >= 15 is 0 Å². The molecule has 0 saturated heterocycles. The van der Waals surface area contributed by atoms with E-state index in [2.05, 4.69) is 37.2 Å². The van der Waals surface area contributed by atoms with Crippen LogP contribution >= 0.6 is 0 Å². The molecule has 0 aliphatic rings. The smallest absolute Gasteiger partial charge is 0.234 e. The Kier molecular flexibility index (Phi) is 75.3. The van der Waals surface area contributed by atoms with Crippen molar-refractivity contribution in [1.82, 2.24) is 42.1 Å². The number of hydrogen-bond acceptors (Lipinski definition) is 17. The van der Waals surface area contributed by atoms with Crippen LogP contribution in [-0.4, -0.2) is 196 Å². The molecular weight excluding hydrogens is 1570 g/mol. The third kappa shape index (κ3) is 72.0. The predicted octanol–water partition coefficient (Wildman–Crippen LogP) is 7.44. The molecule has 552 valence electrons. The number of carbonyl (C=O) groups is 12. The van der Waals surface area contributed by atoms with Crippen molar-refractivity contribution >= 4 is 70.5 Å². The maximum absolute atomic E-state index is 12.6. The minimum atomic E-state index is -0.571. The van der Waals surface area contributed by atoms with Crippen LogP contribution < -0.4 is 37.2 Å². The third-order valence-electron chi connectivity index (χ3n) is 14.8. The Labute approximate surface area is 597 Å². The fourth-order valence-electron chi connectivity index (χ4n) is 8.95. The van der Waals surface area contributed by atoms with Crippen molar-refractivity contribution in [1.29, 1.82) is 0 Å².